The molecule has 1 N–H and O–H groups in total. The van der Waals surface area contributed by atoms with Crippen LogP contribution in [0.1, 0.15) is 36.5 Å². The van der Waals surface area contributed by atoms with Crippen molar-refractivity contribution in [1.29, 1.82) is 0 Å². The fraction of sp³-hybridized carbons (Fsp3) is 0.571. The molecule has 0 bridgehead atoms. The van der Waals surface area contributed by atoms with Gasteiger partial charge >= 0.3 is 0 Å². The van der Waals surface area contributed by atoms with Gasteiger partial charge in [-0.3, -0.25) is 0 Å². The number of hydrogen-bond acceptors (Lipinski definition) is 1. The van der Waals surface area contributed by atoms with Gasteiger partial charge in [0.25, 0.3) is 0 Å². The van der Waals surface area contributed by atoms with Crippen molar-refractivity contribution in [2.75, 3.05) is 13.1 Å². The molecule has 1 nitrogen and oxygen atoms in total. The van der Waals surface area contributed by atoms with Gasteiger partial charge in [0, 0.05) is 0 Å². The second-order valence-electron chi connectivity index (χ2n) is 4.17. The van der Waals surface area contributed by atoms with Crippen molar-refractivity contribution >= 4 is 0 Å². The lowest BCUT2D eigenvalue weighted by Crippen LogP contribution is -2.14. The zero-order valence-corrected chi connectivity index (χ0v) is 10.3. The Balaban J connectivity index is 2.34. The van der Waals surface area contributed by atoms with Crippen molar-refractivity contribution in [3.8, 4) is 0 Å². The summed E-state index contributed by atoms with van der Waals surface area (Å²) in [5.41, 5.74) is 4.41. The molecule has 0 radical (unpaired) electrons. The third-order valence-electron chi connectivity index (χ3n) is 3.02. The van der Waals surface area contributed by atoms with Crippen LogP contribution in [0, 0.1) is 13.8 Å². The lowest BCUT2D eigenvalue weighted by atomic mass is 9.99. The zero-order chi connectivity index (χ0) is 11.1. The van der Waals surface area contributed by atoms with E-state index in [1.807, 2.05) is 0 Å². The van der Waals surface area contributed by atoms with Crippen LogP contribution in [0.2, 0.25) is 0 Å². The first-order chi connectivity index (χ1) is 7.25. The van der Waals surface area contributed by atoms with Crippen LogP contribution in [0.25, 0.3) is 0 Å². The Morgan fingerprint density at radius 2 is 1.93 bits per heavy atom. The van der Waals surface area contributed by atoms with Gasteiger partial charge in [0.15, 0.2) is 0 Å². The first kappa shape index (κ1) is 12.3. The van der Waals surface area contributed by atoms with Gasteiger partial charge in [-0.1, -0.05) is 25.1 Å². The van der Waals surface area contributed by atoms with Crippen molar-refractivity contribution in [2.45, 2.75) is 40.0 Å². The van der Waals surface area contributed by atoms with Gasteiger partial charge in [-0.05, 0) is 62.9 Å². The van der Waals surface area contributed by atoms with E-state index < -0.39 is 0 Å². The van der Waals surface area contributed by atoms with Crippen LogP contribution in [0.5, 0.6) is 0 Å². The Hall–Kier alpha value is -0.820. The van der Waals surface area contributed by atoms with Crippen LogP contribution in [-0.4, -0.2) is 13.1 Å². The summed E-state index contributed by atoms with van der Waals surface area (Å²) in [4.78, 5) is 0. The molecule has 0 spiro atoms. The molecular formula is C14H23N. The number of hydrogen-bond donors (Lipinski definition) is 1. The average molecular weight is 205 g/mol. The highest BCUT2D eigenvalue weighted by Gasteiger charge is 1.99. The molecule has 1 aromatic rings. The third kappa shape index (κ3) is 4.05. The quantitative estimate of drug-likeness (QED) is 0.703. The van der Waals surface area contributed by atoms with E-state index >= 15 is 0 Å². The van der Waals surface area contributed by atoms with Gasteiger partial charge in [-0.15, -0.1) is 0 Å². The number of aryl methyl sites for hydroxylation is 2. The third-order valence-corrected chi connectivity index (χ3v) is 3.02. The first-order valence-corrected chi connectivity index (χ1v) is 6.01. The van der Waals surface area contributed by atoms with E-state index in [1.165, 1.54) is 36.0 Å². The molecule has 0 heterocycles. The molecule has 0 atom stereocenters. The van der Waals surface area contributed by atoms with E-state index in [0.717, 1.165) is 13.1 Å². The summed E-state index contributed by atoms with van der Waals surface area (Å²) in [6.07, 6.45) is 3.79. The van der Waals surface area contributed by atoms with E-state index in [2.05, 4.69) is 44.3 Å². The van der Waals surface area contributed by atoms with Crippen LogP contribution in [0.15, 0.2) is 18.2 Å². The summed E-state index contributed by atoms with van der Waals surface area (Å²) in [5.74, 6) is 0. The molecule has 0 aliphatic rings. The fourth-order valence-corrected chi connectivity index (χ4v) is 1.82. The number of benzene rings is 1. The summed E-state index contributed by atoms with van der Waals surface area (Å²) in [5, 5.41) is 3.36. The molecule has 0 saturated heterocycles. The molecule has 0 amide bonds. The van der Waals surface area contributed by atoms with Gasteiger partial charge in [0.1, 0.15) is 0 Å². The molecule has 0 aromatic heterocycles. The maximum absolute atomic E-state index is 3.36. The fourth-order valence-electron chi connectivity index (χ4n) is 1.82. The van der Waals surface area contributed by atoms with Gasteiger partial charge in [0.05, 0.1) is 0 Å². The minimum absolute atomic E-state index is 1.09. The molecule has 84 valence electrons. The van der Waals surface area contributed by atoms with Crippen LogP contribution in [0.4, 0.5) is 0 Å². The Bertz CT molecular complexity index is 291. The van der Waals surface area contributed by atoms with Gasteiger partial charge in [-0.25, -0.2) is 0 Å². The molecule has 15 heavy (non-hydrogen) atoms. The highest BCUT2D eigenvalue weighted by Crippen LogP contribution is 2.14. The monoisotopic (exact) mass is 205 g/mol. The highest BCUT2D eigenvalue weighted by atomic mass is 14.8. The smallest absolute Gasteiger partial charge is 0.00489 e. The van der Waals surface area contributed by atoms with Crippen LogP contribution >= 0.6 is 0 Å². The molecule has 0 aliphatic carbocycles. The normalized spacial score (nSPS) is 10.6. The lowest BCUT2D eigenvalue weighted by Gasteiger charge is -2.08. The minimum atomic E-state index is 1.09. The minimum Gasteiger partial charge on any atom is -0.317 e. The summed E-state index contributed by atoms with van der Waals surface area (Å²) >= 11 is 0. The topological polar surface area (TPSA) is 12.0 Å². The van der Waals surface area contributed by atoms with Crippen LogP contribution in [-0.2, 0) is 6.42 Å². The summed E-state index contributed by atoms with van der Waals surface area (Å²) in [6.45, 7) is 8.82. The molecule has 0 saturated carbocycles. The lowest BCUT2D eigenvalue weighted by molar-refractivity contribution is 0.640. The summed E-state index contributed by atoms with van der Waals surface area (Å²) < 4.78 is 0. The maximum Gasteiger partial charge on any atom is -0.00489 e. The summed E-state index contributed by atoms with van der Waals surface area (Å²) in [7, 11) is 0. The second kappa shape index (κ2) is 6.62. The van der Waals surface area contributed by atoms with Crippen molar-refractivity contribution in [2.24, 2.45) is 0 Å². The van der Waals surface area contributed by atoms with Crippen molar-refractivity contribution in [3.63, 3.8) is 0 Å². The van der Waals surface area contributed by atoms with E-state index in [0.29, 0.717) is 0 Å². The first-order valence-electron chi connectivity index (χ1n) is 6.01. The molecule has 0 unspecified atom stereocenters. The van der Waals surface area contributed by atoms with Crippen LogP contribution in [0.3, 0.4) is 0 Å². The number of unbranched alkanes of at least 4 members (excludes halogenated alkanes) is 1. The van der Waals surface area contributed by atoms with Crippen molar-refractivity contribution in [1.82, 2.24) is 5.32 Å². The Morgan fingerprint density at radius 3 is 2.67 bits per heavy atom. The van der Waals surface area contributed by atoms with Gasteiger partial charge in [0.2, 0.25) is 0 Å². The molecule has 1 rings (SSSR count). The number of rotatable bonds is 6. The number of nitrogens with one attached hydrogen (secondary N) is 1. The van der Waals surface area contributed by atoms with E-state index in [9.17, 15) is 0 Å². The van der Waals surface area contributed by atoms with E-state index in [4.69, 9.17) is 0 Å². The molecule has 0 fully saturated rings. The van der Waals surface area contributed by atoms with Crippen LogP contribution < -0.4 is 5.32 Å². The average Bonchev–Trinajstić information content (AvgIpc) is 2.24. The Labute approximate surface area is 93.9 Å². The predicted molar refractivity (Wildman–Crippen MR) is 67.4 cm³/mol. The van der Waals surface area contributed by atoms with E-state index in [1.54, 1.807) is 0 Å². The SMILES string of the molecule is CCNCCCCc1cccc(C)c1C. The van der Waals surface area contributed by atoms with Gasteiger partial charge in [-0.2, -0.15) is 0 Å². The Morgan fingerprint density at radius 1 is 1.13 bits per heavy atom. The van der Waals surface area contributed by atoms with E-state index in [-0.39, 0.29) is 0 Å². The standard InChI is InChI=1S/C14H23N/c1-4-15-11-6-5-9-14-10-7-8-12(2)13(14)3/h7-8,10,15H,4-6,9,11H2,1-3H3. The second-order valence-corrected chi connectivity index (χ2v) is 4.17. The zero-order valence-electron chi connectivity index (χ0n) is 10.3. The molecule has 1 heteroatoms. The van der Waals surface area contributed by atoms with Crippen molar-refractivity contribution < 1.29 is 0 Å². The van der Waals surface area contributed by atoms with Crippen molar-refractivity contribution in [3.05, 3.63) is 34.9 Å². The highest BCUT2D eigenvalue weighted by molar-refractivity contribution is 5.33. The maximum atomic E-state index is 3.36. The predicted octanol–water partition coefficient (Wildman–Crippen LogP) is 3.24. The largest absolute Gasteiger partial charge is 0.317 e. The Kier molecular flexibility index (Phi) is 5.41. The summed E-state index contributed by atoms with van der Waals surface area (Å²) in [6, 6.07) is 6.62. The van der Waals surface area contributed by atoms with Gasteiger partial charge < -0.3 is 5.32 Å². The molecular weight excluding hydrogens is 182 g/mol. The molecule has 0 aliphatic heterocycles. The molecule has 1 aromatic carbocycles.